The molecule has 6 heteroatoms. The number of carboxylic acids is 2. The quantitative estimate of drug-likeness (QED) is 0.285. The van der Waals surface area contributed by atoms with Crippen LogP contribution in [-0.2, 0) is 9.59 Å². The predicted octanol–water partition coefficient (Wildman–Crippen LogP) is 3.54. The van der Waals surface area contributed by atoms with Crippen LogP contribution in [0.3, 0.4) is 0 Å². The van der Waals surface area contributed by atoms with Crippen molar-refractivity contribution < 1.29 is 30.0 Å². The van der Waals surface area contributed by atoms with E-state index in [1.165, 1.54) is 0 Å². The molecule has 0 aliphatic rings. The number of unbranched alkanes of at least 4 members (excludes halogenated alkanes) is 8. The van der Waals surface area contributed by atoms with Crippen LogP contribution in [0.15, 0.2) is 0 Å². The van der Waals surface area contributed by atoms with Gasteiger partial charge in [0.25, 0.3) is 0 Å². The van der Waals surface area contributed by atoms with E-state index in [2.05, 4.69) is 6.92 Å². The minimum absolute atomic E-state index is 0.263. The zero-order chi connectivity index (χ0) is 17.9. The third-order valence-corrected chi connectivity index (χ3v) is 3.35. The number of aliphatic carboxylic acids is 2. The van der Waals surface area contributed by atoms with Gasteiger partial charge in [-0.25, -0.2) is 0 Å². The molecule has 0 unspecified atom stereocenters. The van der Waals surface area contributed by atoms with Crippen LogP contribution in [0.2, 0.25) is 0 Å². The van der Waals surface area contributed by atoms with E-state index >= 15 is 0 Å². The fourth-order valence-corrected chi connectivity index (χ4v) is 2.01. The Balaban J connectivity index is 0. The topological polar surface area (TPSA) is 115 Å². The first-order valence-corrected chi connectivity index (χ1v) is 8.69. The summed E-state index contributed by atoms with van der Waals surface area (Å²) >= 11 is 0. The molecule has 0 heterocycles. The molecule has 138 valence electrons. The van der Waals surface area contributed by atoms with Crippen molar-refractivity contribution in [3.05, 3.63) is 0 Å². The van der Waals surface area contributed by atoms with E-state index in [0.717, 1.165) is 64.2 Å². The number of hydrogen-bond donors (Lipinski definition) is 4. The zero-order valence-corrected chi connectivity index (χ0v) is 14.4. The predicted molar refractivity (Wildman–Crippen MR) is 89.2 cm³/mol. The number of rotatable bonds is 14. The van der Waals surface area contributed by atoms with Gasteiger partial charge in [-0.2, -0.15) is 0 Å². The lowest BCUT2D eigenvalue weighted by Gasteiger charge is -1.99. The molecule has 23 heavy (non-hydrogen) atoms. The lowest BCUT2D eigenvalue weighted by Crippen LogP contribution is -2.02. The van der Waals surface area contributed by atoms with E-state index in [1.54, 1.807) is 0 Å². The van der Waals surface area contributed by atoms with Crippen LogP contribution in [0, 0.1) is 0 Å². The maximum Gasteiger partial charge on any atom is 0.303 e. The second kappa shape index (κ2) is 18.9. The average Bonchev–Trinajstić information content (AvgIpc) is 2.45. The Labute approximate surface area is 139 Å². The van der Waals surface area contributed by atoms with E-state index in [4.69, 9.17) is 20.4 Å². The number of carbonyl (C=O) groups is 2. The van der Waals surface area contributed by atoms with E-state index in [-0.39, 0.29) is 12.8 Å². The second-order valence-electron chi connectivity index (χ2n) is 5.74. The molecule has 0 aliphatic heterocycles. The van der Waals surface area contributed by atoms with Crippen LogP contribution in [0.25, 0.3) is 0 Å². The van der Waals surface area contributed by atoms with E-state index < -0.39 is 18.2 Å². The Bertz CT molecular complexity index is 258. The summed E-state index contributed by atoms with van der Waals surface area (Å²) in [7, 11) is 0. The van der Waals surface area contributed by atoms with Crippen LogP contribution in [0.1, 0.15) is 90.4 Å². The van der Waals surface area contributed by atoms with Crippen molar-refractivity contribution in [2.45, 2.75) is 96.7 Å². The normalized spacial score (nSPS) is 10.3. The van der Waals surface area contributed by atoms with Gasteiger partial charge in [-0.05, 0) is 25.7 Å². The molecular weight excluding hydrogens is 300 g/mol. The molecule has 0 saturated carbocycles. The van der Waals surface area contributed by atoms with Gasteiger partial charge in [-0.3, -0.25) is 9.59 Å². The monoisotopic (exact) mass is 334 g/mol. The van der Waals surface area contributed by atoms with Crippen molar-refractivity contribution in [3.63, 3.8) is 0 Å². The van der Waals surface area contributed by atoms with Crippen molar-refractivity contribution in [1.29, 1.82) is 0 Å². The molecule has 0 aliphatic carbocycles. The number of hydrogen-bond acceptors (Lipinski definition) is 4. The summed E-state index contributed by atoms with van der Waals surface area (Å²) in [5, 5.41) is 33.4. The van der Waals surface area contributed by atoms with Crippen LogP contribution in [-0.4, -0.2) is 38.7 Å². The van der Waals surface area contributed by atoms with Gasteiger partial charge in [0.2, 0.25) is 0 Å². The molecular formula is C17H34O6. The molecule has 6 nitrogen and oxygen atoms in total. The molecule has 0 aromatic carbocycles. The molecule has 0 rings (SSSR count). The summed E-state index contributed by atoms with van der Waals surface area (Å²) in [4.78, 5) is 20.4. The highest BCUT2D eigenvalue weighted by Gasteiger charge is 1.98. The standard InChI is InChI=1S/C11H20O4.C6H14O2/c12-10(13)8-6-4-2-1-3-5-7-9-11(14)15;1-2-3-4-5-6(7)8/h1-9H2,(H,12,13)(H,14,15);6-8H,2-5H2,1H3. The van der Waals surface area contributed by atoms with Crippen molar-refractivity contribution in [2.75, 3.05) is 0 Å². The Morgan fingerprint density at radius 3 is 1.39 bits per heavy atom. The van der Waals surface area contributed by atoms with E-state index in [1.807, 2.05) is 0 Å². The maximum atomic E-state index is 10.2. The van der Waals surface area contributed by atoms with Crippen molar-refractivity contribution in [2.24, 2.45) is 0 Å². The third-order valence-electron chi connectivity index (χ3n) is 3.35. The highest BCUT2D eigenvalue weighted by atomic mass is 16.5. The summed E-state index contributed by atoms with van der Waals surface area (Å²) < 4.78 is 0. The first kappa shape index (κ1) is 24.1. The highest BCUT2D eigenvalue weighted by Crippen LogP contribution is 2.09. The van der Waals surface area contributed by atoms with Crippen LogP contribution in [0.5, 0.6) is 0 Å². The number of aliphatic hydroxyl groups excluding tert-OH is 1. The molecule has 0 atom stereocenters. The highest BCUT2D eigenvalue weighted by molar-refractivity contribution is 5.66. The fourth-order valence-electron chi connectivity index (χ4n) is 2.01. The van der Waals surface area contributed by atoms with E-state index in [0.29, 0.717) is 6.42 Å². The van der Waals surface area contributed by atoms with Crippen LogP contribution < -0.4 is 0 Å². The minimum atomic E-state index is -1.10. The minimum Gasteiger partial charge on any atom is -0.481 e. The maximum absolute atomic E-state index is 10.2. The van der Waals surface area contributed by atoms with Gasteiger partial charge in [-0.15, -0.1) is 0 Å². The van der Waals surface area contributed by atoms with Gasteiger partial charge in [0.1, 0.15) is 0 Å². The Morgan fingerprint density at radius 2 is 1.09 bits per heavy atom. The summed E-state index contributed by atoms with van der Waals surface area (Å²) in [6.07, 6.45) is 9.73. The molecule has 0 fully saturated rings. The molecule has 0 radical (unpaired) electrons. The molecule has 0 bridgehead atoms. The summed E-state index contributed by atoms with van der Waals surface area (Å²) in [6, 6.07) is 0. The Hall–Kier alpha value is -1.14. The van der Waals surface area contributed by atoms with Crippen molar-refractivity contribution >= 4 is 11.9 Å². The fraction of sp³-hybridized carbons (Fsp3) is 0.882. The van der Waals surface area contributed by atoms with Gasteiger partial charge < -0.3 is 20.4 Å². The van der Waals surface area contributed by atoms with Gasteiger partial charge >= 0.3 is 11.9 Å². The van der Waals surface area contributed by atoms with Gasteiger partial charge in [0.05, 0.1) is 0 Å². The molecule has 0 saturated heterocycles. The number of carboxylic acid groups (broad SMARTS) is 2. The molecule has 0 amide bonds. The first-order chi connectivity index (χ1) is 10.9. The van der Waals surface area contributed by atoms with Crippen LogP contribution >= 0.6 is 0 Å². The summed E-state index contributed by atoms with van der Waals surface area (Å²) in [5.74, 6) is -1.45. The van der Waals surface area contributed by atoms with Gasteiger partial charge in [-0.1, -0.05) is 51.9 Å². The largest absolute Gasteiger partial charge is 0.481 e. The SMILES string of the molecule is CCCCCC(O)O.O=C(O)CCCCCCCCCC(=O)O. The molecule has 0 spiro atoms. The zero-order valence-electron chi connectivity index (χ0n) is 14.4. The van der Waals surface area contributed by atoms with E-state index in [9.17, 15) is 9.59 Å². The third kappa shape index (κ3) is 29.5. The second-order valence-corrected chi connectivity index (χ2v) is 5.74. The van der Waals surface area contributed by atoms with Gasteiger partial charge in [0, 0.05) is 12.8 Å². The lowest BCUT2D eigenvalue weighted by atomic mass is 10.1. The number of aliphatic hydroxyl groups is 2. The summed E-state index contributed by atoms with van der Waals surface area (Å²) in [5.41, 5.74) is 0. The summed E-state index contributed by atoms with van der Waals surface area (Å²) in [6.45, 7) is 2.09. The smallest absolute Gasteiger partial charge is 0.303 e. The Kier molecular flexibility index (Phi) is 19.8. The molecule has 0 aromatic heterocycles. The van der Waals surface area contributed by atoms with Crippen molar-refractivity contribution in [1.82, 2.24) is 0 Å². The molecule has 0 aromatic rings. The lowest BCUT2D eigenvalue weighted by molar-refractivity contribution is -0.138. The Morgan fingerprint density at radius 1 is 0.696 bits per heavy atom. The first-order valence-electron chi connectivity index (χ1n) is 8.69. The molecule has 4 N–H and O–H groups in total. The van der Waals surface area contributed by atoms with Crippen LogP contribution in [0.4, 0.5) is 0 Å². The van der Waals surface area contributed by atoms with Crippen molar-refractivity contribution in [3.8, 4) is 0 Å². The van der Waals surface area contributed by atoms with Gasteiger partial charge in [0.15, 0.2) is 6.29 Å². The average molecular weight is 334 g/mol.